The minimum atomic E-state index is -0.154. The van der Waals surface area contributed by atoms with Gasteiger partial charge in [-0.05, 0) is 12.8 Å². The lowest BCUT2D eigenvalue weighted by molar-refractivity contribution is -0.137. The number of hydrogen-bond acceptors (Lipinski definition) is 8. The van der Waals surface area contributed by atoms with Crippen LogP contribution in [0.1, 0.15) is 12.8 Å². The van der Waals surface area contributed by atoms with Gasteiger partial charge in [0.2, 0.25) is 11.8 Å². The van der Waals surface area contributed by atoms with Crippen molar-refractivity contribution < 1.29 is 14.3 Å². The van der Waals surface area contributed by atoms with Crippen molar-refractivity contribution in [2.75, 3.05) is 44.4 Å². The summed E-state index contributed by atoms with van der Waals surface area (Å²) in [4.78, 5) is 37.9. The lowest BCUT2D eigenvalue weighted by atomic mass is 10.1. The summed E-state index contributed by atoms with van der Waals surface area (Å²) < 4.78 is 6.50. The van der Waals surface area contributed by atoms with Gasteiger partial charge >= 0.3 is 0 Å². The molecule has 1 unspecified atom stereocenters. The van der Waals surface area contributed by atoms with Crippen LogP contribution in [0.5, 0.6) is 5.88 Å². The molecule has 0 aliphatic carbocycles. The molecule has 3 rings (SSSR count). The number of hydrogen-bond donors (Lipinski definition) is 0. The molecule has 0 saturated carbocycles. The van der Waals surface area contributed by atoms with E-state index in [4.69, 9.17) is 17.0 Å². The molecule has 0 bridgehead atoms. The molecule has 2 saturated heterocycles. The van der Waals surface area contributed by atoms with Crippen LogP contribution in [0.2, 0.25) is 0 Å². The molecule has 0 spiro atoms. The highest BCUT2D eigenvalue weighted by Crippen LogP contribution is 2.24. The minimum absolute atomic E-state index is 0.00543. The van der Waals surface area contributed by atoms with E-state index in [0.29, 0.717) is 34.9 Å². The topological polar surface area (TPSA) is 78.9 Å². The number of piperidine rings is 1. The molecule has 3 heterocycles. The second-order valence-corrected chi connectivity index (χ2v) is 7.95. The Balaban J connectivity index is 1.61. The van der Waals surface area contributed by atoms with E-state index < -0.39 is 0 Å². The smallest absolute Gasteiger partial charge is 0.257 e. The number of rotatable bonds is 5. The van der Waals surface area contributed by atoms with Crippen LogP contribution in [0.25, 0.3) is 0 Å². The van der Waals surface area contributed by atoms with Crippen LogP contribution in [-0.4, -0.2) is 81.5 Å². The largest absolute Gasteiger partial charge is 0.470 e. The summed E-state index contributed by atoms with van der Waals surface area (Å²) in [6, 6.07) is 0. The van der Waals surface area contributed by atoms with Gasteiger partial charge < -0.3 is 14.5 Å². The fourth-order valence-electron chi connectivity index (χ4n) is 2.90. The van der Waals surface area contributed by atoms with Gasteiger partial charge in [0.05, 0.1) is 12.3 Å². The number of carbonyl (C=O) groups excluding carboxylic acids is 2. The average Bonchev–Trinajstić information content (AvgIpc) is 2.94. The highest BCUT2D eigenvalue weighted by Gasteiger charge is 2.32. The van der Waals surface area contributed by atoms with E-state index in [-0.39, 0.29) is 24.5 Å². The van der Waals surface area contributed by atoms with Crippen molar-refractivity contribution in [3.8, 4) is 5.88 Å². The number of ether oxygens (including phenoxy) is 1. The third-order valence-corrected chi connectivity index (χ3v) is 5.65. The first-order chi connectivity index (χ1) is 12.5. The number of amides is 2. The normalized spacial score (nSPS) is 20.5. The van der Waals surface area contributed by atoms with Crippen LogP contribution in [0.4, 0.5) is 5.82 Å². The zero-order valence-corrected chi connectivity index (χ0v) is 16.4. The molecule has 8 nitrogen and oxygen atoms in total. The molecule has 2 aliphatic rings. The maximum atomic E-state index is 12.6. The number of nitrogens with zero attached hydrogens (tertiary/aromatic N) is 5. The fourth-order valence-corrected chi connectivity index (χ4v) is 3.96. The highest BCUT2D eigenvalue weighted by atomic mass is 32.2. The molecule has 0 aromatic carbocycles. The molecule has 2 amide bonds. The summed E-state index contributed by atoms with van der Waals surface area (Å²) in [5.74, 6) is 1.22. The Kier molecular flexibility index (Phi) is 5.92. The van der Waals surface area contributed by atoms with Crippen LogP contribution in [0, 0.1) is 0 Å². The maximum Gasteiger partial charge on any atom is 0.257 e. The van der Waals surface area contributed by atoms with Crippen molar-refractivity contribution in [3.63, 3.8) is 0 Å². The molecule has 0 radical (unpaired) electrons. The highest BCUT2D eigenvalue weighted by molar-refractivity contribution is 8.23. The van der Waals surface area contributed by atoms with Gasteiger partial charge in [0.25, 0.3) is 5.88 Å². The summed E-state index contributed by atoms with van der Waals surface area (Å²) in [6.45, 7) is 1.12. The van der Waals surface area contributed by atoms with E-state index in [0.717, 1.165) is 12.8 Å². The lowest BCUT2D eigenvalue weighted by Crippen LogP contribution is -2.48. The Morgan fingerprint density at radius 3 is 2.88 bits per heavy atom. The zero-order chi connectivity index (χ0) is 18.7. The second kappa shape index (κ2) is 8.17. The number of thiocarbonyl (C=S) groups is 1. The third kappa shape index (κ3) is 4.24. The first kappa shape index (κ1) is 18.8. The van der Waals surface area contributed by atoms with Crippen molar-refractivity contribution in [2.24, 2.45) is 0 Å². The van der Waals surface area contributed by atoms with Gasteiger partial charge in [-0.25, -0.2) is 9.97 Å². The zero-order valence-electron chi connectivity index (χ0n) is 14.8. The van der Waals surface area contributed by atoms with Crippen LogP contribution >= 0.6 is 24.0 Å². The maximum absolute atomic E-state index is 12.6. The summed E-state index contributed by atoms with van der Waals surface area (Å²) in [5, 5.41) is 0. The van der Waals surface area contributed by atoms with Gasteiger partial charge in [-0.1, -0.05) is 24.0 Å². The number of thioether (sulfide) groups is 1. The standard InChI is InChI=1S/C16H21N5O3S2/c1-19(2)14-15(18-6-5-17-14)24-11-4-3-7-20(8-11)12(22)9-21-13(23)10-26-16(21)25/h5-6,11H,3-4,7-10H2,1-2H3. The fraction of sp³-hybridized carbons (Fsp3) is 0.562. The Morgan fingerprint density at radius 2 is 2.19 bits per heavy atom. The summed E-state index contributed by atoms with van der Waals surface area (Å²) in [6.07, 6.45) is 4.72. The van der Waals surface area contributed by atoms with Crippen molar-refractivity contribution in [2.45, 2.75) is 18.9 Å². The predicted octanol–water partition coefficient (Wildman–Crippen LogP) is 0.773. The van der Waals surface area contributed by atoms with E-state index in [1.807, 2.05) is 19.0 Å². The number of likely N-dealkylation sites (tertiary alicyclic amines) is 1. The Labute approximate surface area is 161 Å². The van der Waals surface area contributed by atoms with Crippen molar-refractivity contribution in [1.82, 2.24) is 19.8 Å². The molecule has 0 N–H and O–H groups in total. The Morgan fingerprint density at radius 1 is 1.42 bits per heavy atom. The molecule has 2 fully saturated rings. The second-order valence-electron chi connectivity index (χ2n) is 6.34. The Bertz CT molecular complexity index is 699. The molecule has 10 heteroatoms. The van der Waals surface area contributed by atoms with E-state index >= 15 is 0 Å². The quantitative estimate of drug-likeness (QED) is 0.677. The van der Waals surface area contributed by atoms with Crippen molar-refractivity contribution >= 4 is 45.9 Å². The monoisotopic (exact) mass is 395 g/mol. The van der Waals surface area contributed by atoms with E-state index in [1.54, 1.807) is 17.3 Å². The summed E-state index contributed by atoms with van der Waals surface area (Å²) in [7, 11) is 3.75. The van der Waals surface area contributed by atoms with Gasteiger partial charge in [-0.15, -0.1) is 0 Å². The number of anilines is 1. The van der Waals surface area contributed by atoms with Gasteiger partial charge in [0, 0.05) is 33.0 Å². The van der Waals surface area contributed by atoms with Gasteiger partial charge in [-0.3, -0.25) is 14.5 Å². The Hall–Kier alpha value is -1.94. The van der Waals surface area contributed by atoms with Crippen LogP contribution in [-0.2, 0) is 9.59 Å². The van der Waals surface area contributed by atoms with Crippen LogP contribution in [0.3, 0.4) is 0 Å². The molecule has 2 aliphatic heterocycles. The van der Waals surface area contributed by atoms with Crippen molar-refractivity contribution in [1.29, 1.82) is 0 Å². The molecular weight excluding hydrogens is 374 g/mol. The van der Waals surface area contributed by atoms with E-state index in [9.17, 15) is 9.59 Å². The summed E-state index contributed by atoms with van der Waals surface area (Å²) >= 11 is 6.44. The molecule has 26 heavy (non-hydrogen) atoms. The van der Waals surface area contributed by atoms with Gasteiger partial charge in [0.15, 0.2) is 5.82 Å². The van der Waals surface area contributed by atoms with Crippen LogP contribution in [0.15, 0.2) is 12.4 Å². The lowest BCUT2D eigenvalue weighted by Gasteiger charge is -2.33. The summed E-state index contributed by atoms with van der Waals surface area (Å²) in [5.41, 5.74) is 0. The van der Waals surface area contributed by atoms with Gasteiger partial charge in [0.1, 0.15) is 17.0 Å². The SMILES string of the molecule is CN(C)c1nccnc1OC1CCCN(C(=O)CN2C(=O)CSC2=S)C1. The average molecular weight is 396 g/mol. The number of carbonyl (C=O) groups is 2. The van der Waals surface area contributed by atoms with Crippen LogP contribution < -0.4 is 9.64 Å². The molecule has 1 aromatic heterocycles. The third-order valence-electron chi connectivity index (χ3n) is 4.21. The molecule has 1 atom stereocenters. The number of aromatic nitrogens is 2. The molecule has 1 aromatic rings. The first-order valence-corrected chi connectivity index (χ1v) is 9.75. The van der Waals surface area contributed by atoms with E-state index in [2.05, 4.69) is 9.97 Å². The molecular formula is C16H21N5O3S2. The molecule has 140 valence electrons. The first-order valence-electron chi connectivity index (χ1n) is 8.35. The van der Waals surface area contributed by atoms with E-state index in [1.165, 1.54) is 16.7 Å². The minimum Gasteiger partial charge on any atom is -0.470 e. The van der Waals surface area contributed by atoms with Gasteiger partial charge in [-0.2, -0.15) is 0 Å². The predicted molar refractivity (Wildman–Crippen MR) is 103 cm³/mol. The van der Waals surface area contributed by atoms with Crippen molar-refractivity contribution in [3.05, 3.63) is 12.4 Å².